The van der Waals surface area contributed by atoms with Crippen LogP contribution in [0.15, 0.2) is 30.3 Å². The van der Waals surface area contributed by atoms with Gasteiger partial charge in [0, 0.05) is 28.4 Å². The largest absolute Gasteiger partial charge is 0.451 e. The number of fused-ring (bicyclic) bond motifs is 3. The summed E-state index contributed by atoms with van der Waals surface area (Å²) in [6.07, 6.45) is 0.254. The van der Waals surface area contributed by atoms with Gasteiger partial charge in [-0.15, -0.1) is 22.7 Å². The number of hydrogen-bond donors (Lipinski definition) is 0. The minimum atomic E-state index is -0.491. The Balaban J connectivity index is 1.68. The molecule has 1 amide bonds. The average molecular weight is 358 g/mol. The zero-order chi connectivity index (χ0) is 17.1. The summed E-state index contributed by atoms with van der Waals surface area (Å²) in [5.41, 5.74) is 0. The molecule has 7 heteroatoms. The van der Waals surface area contributed by atoms with Crippen molar-refractivity contribution in [1.29, 1.82) is 5.26 Å². The van der Waals surface area contributed by atoms with Crippen LogP contribution in [0.1, 0.15) is 16.1 Å². The zero-order valence-electron chi connectivity index (χ0n) is 12.9. The van der Waals surface area contributed by atoms with Gasteiger partial charge in [-0.2, -0.15) is 5.26 Å². The highest BCUT2D eigenvalue weighted by molar-refractivity contribution is 7.33. The van der Waals surface area contributed by atoms with Gasteiger partial charge in [-0.05, 0) is 12.1 Å². The van der Waals surface area contributed by atoms with Crippen LogP contribution in [-0.4, -0.2) is 37.0 Å². The molecule has 0 radical (unpaired) electrons. The van der Waals surface area contributed by atoms with E-state index in [2.05, 4.69) is 6.07 Å². The van der Waals surface area contributed by atoms with Gasteiger partial charge in [0.15, 0.2) is 6.61 Å². The molecule has 3 aromatic rings. The topological polar surface area (TPSA) is 70.4 Å². The minimum absolute atomic E-state index is 0.254. The smallest absolute Gasteiger partial charge is 0.348 e. The van der Waals surface area contributed by atoms with E-state index in [0.717, 1.165) is 14.8 Å². The normalized spacial score (nSPS) is 10.7. The molecular weight excluding hydrogens is 344 g/mol. The Bertz CT molecular complexity index is 952. The molecule has 0 fully saturated rings. The Hall–Kier alpha value is -2.43. The fraction of sp³-hybridized carbons (Fsp3) is 0.235. The van der Waals surface area contributed by atoms with Gasteiger partial charge in [0.05, 0.1) is 17.2 Å². The Morgan fingerprint density at radius 3 is 2.83 bits per heavy atom. The van der Waals surface area contributed by atoms with E-state index < -0.39 is 5.97 Å². The molecule has 5 nitrogen and oxygen atoms in total. The molecule has 0 aliphatic carbocycles. The lowest BCUT2D eigenvalue weighted by molar-refractivity contribution is -0.133. The second-order valence-corrected chi connectivity index (χ2v) is 7.34. The maximum atomic E-state index is 12.2. The maximum absolute atomic E-state index is 12.2. The lowest BCUT2D eigenvalue weighted by atomic mass is 10.2. The van der Waals surface area contributed by atoms with Crippen LogP contribution in [0.4, 0.5) is 0 Å². The van der Waals surface area contributed by atoms with Crippen molar-refractivity contribution in [3.8, 4) is 6.07 Å². The number of benzene rings is 1. The van der Waals surface area contributed by atoms with Gasteiger partial charge in [0.1, 0.15) is 4.88 Å². The predicted octanol–water partition coefficient (Wildman–Crippen LogP) is 3.64. The summed E-state index contributed by atoms with van der Waals surface area (Å²) in [6, 6.07) is 11.8. The van der Waals surface area contributed by atoms with E-state index in [1.807, 2.05) is 30.3 Å². The van der Waals surface area contributed by atoms with E-state index in [-0.39, 0.29) is 18.9 Å². The molecule has 0 saturated carbocycles. The highest BCUT2D eigenvalue weighted by Crippen LogP contribution is 2.39. The van der Waals surface area contributed by atoms with E-state index >= 15 is 0 Å². The number of amides is 1. The Kier molecular flexibility index (Phi) is 4.79. The van der Waals surface area contributed by atoms with Crippen molar-refractivity contribution in [1.82, 2.24) is 4.90 Å². The van der Waals surface area contributed by atoms with Crippen LogP contribution in [-0.2, 0) is 9.53 Å². The van der Waals surface area contributed by atoms with Crippen molar-refractivity contribution in [2.45, 2.75) is 6.42 Å². The number of nitrogens with zero attached hydrogens (tertiary/aromatic N) is 2. The first-order chi connectivity index (χ1) is 11.6. The molecule has 0 atom stereocenters. The fourth-order valence-corrected chi connectivity index (χ4v) is 4.67. The summed E-state index contributed by atoms with van der Waals surface area (Å²) in [5.74, 6) is -0.808. The van der Waals surface area contributed by atoms with Gasteiger partial charge < -0.3 is 9.64 Å². The number of carbonyl (C=O) groups is 2. The molecule has 0 N–H and O–H groups in total. The van der Waals surface area contributed by atoms with Gasteiger partial charge in [-0.1, -0.05) is 18.2 Å². The molecule has 0 aliphatic rings. The van der Waals surface area contributed by atoms with E-state index in [4.69, 9.17) is 10.00 Å². The number of nitriles is 1. The Morgan fingerprint density at radius 2 is 2.04 bits per heavy atom. The quantitative estimate of drug-likeness (QED) is 0.653. The standard InChI is InChI=1S/C17H14N2O3S2/c1-19(8-4-7-18)15(20)10-22-17(21)14-9-13-16(24-14)11-5-2-3-6-12(11)23-13/h2-3,5-6,9H,4,8,10H2,1H3. The molecule has 122 valence electrons. The first-order valence-electron chi connectivity index (χ1n) is 7.29. The highest BCUT2D eigenvalue weighted by Gasteiger charge is 2.17. The van der Waals surface area contributed by atoms with Crippen LogP contribution in [0.5, 0.6) is 0 Å². The van der Waals surface area contributed by atoms with Crippen molar-refractivity contribution >= 4 is 54.0 Å². The zero-order valence-corrected chi connectivity index (χ0v) is 14.6. The second-order valence-electron chi connectivity index (χ2n) is 5.20. The number of hydrogen-bond acceptors (Lipinski definition) is 6. The van der Waals surface area contributed by atoms with Gasteiger partial charge in [0.2, 0.25) is 0 Å². The number of likely N-dealkylation sites (N-methyl/N-ethyl adjacent to an activating group) is 1. The summed E-state index contributed by atoms with van der Waals surface area (Å²) >= 11 is 3.02. The van der Waals surface area contributed by atoms with Crippen LogP contribution >= 0.6 is 22.7 Å². The third-order valence-electron chi connectivity index (χ3n) is 3.56. The predicted molar refractivity (Wildman–Crippen MR) is 95.4 cm³/mol. The van der Waals surface area contributed by atoms with E-state index in [1.54, 1.807) is 18.4 Å². The van der Waals surface area contributed by atoms with Gasteiger partial charge >= 0.3 is 5.97 Å². The summed E-state index contributed by atoms with van der Waals surface area (Å²) < 4.78 is 8.41. The molecule has 0 spiro atoms. The third kappa shape index (κ3) is 3.25. The molecule has 0 aliphatic heterocycles. The molecule has 2 heterocycles. The summed E-state index contributed by atoms with van der Waals surface area (Å²) in [7, 11) is 1.58. The number of esters is 1. The molecular formula is C17H14N2O3S2. The molecule has 0 unspecified atom stereocenters. The van der Waals surface area contributed by atoms with Crippen molar-refractivity contribution in [2.24, 2.45) is 0 Å². The van der Waals surface area contributed by atoms with Crippen LogP contribution in [0.3, 0.4) is 0 Å². The number of carbonyl (C=O) groups excluding carboxylic acids is 2. The number of ether oxygens (including phenoxy) is 1. The monoisotopic (exact) mass is 358 g/mol. The van der Waals surface area contributed by atoms with Crippen molar-refractivity contribution < 1.29 is 14.3 Å². The molecule has 1 aromatic carbocycles. The summed E-state index contributed by atoms with van der Waals surface area (Å²) in [6.45, 7) is 0.0145. The van der Waals surface area contributed by atoms with E-state index in [9.17, 15) is 9.59 Å². The SMILES string of the molecule is CN(CCC#N)C(=O)COC(=O)c1cc2sc3ccccc3c2s1. The van der Waals surface area contributed by atoms with Crippen LogP contribution in [0, 0.1) is 11.3 Å². The lowest BCUT2D eigenvalue weighted by Gasteiger charge is -2.14. The van der Waals surface area contributed by atoms with Gasteiger partial charge in [-0.25, -0.2) is 4.79 Å². The highest BCUT2D eigenvalue weighted by atomic mass is 32.1. The summed E-state index contributed by atoms with van der Waals surface area (Å²) in [4.78, 5) is 25.9. The number of rotatable bonds is 5. The fourth-order valence-electron chi connectivity index (χ4n) is 2.25. The first kappa shape index (κ1) is 16.4. The van der Waals surface area contributed by atoms with Crippen molar-refractivity contribution in [3.63, 3.8) is 0 Å². The van der Waals surface area contributed by atoms with Crippen LogP contribution in [0.25, 0.3) is 19.5 Å². The molecule has 0 saturated heterocycles. The Labute approximate surface area is 146 Å². The van der Waals surface area contributed by atoms with E-state index in [1.165, 1.54) is 20.9 Å². The van der Waals surface area contributed by atoms with E-state index in [0.29, 0.717) is 11.4 Å². The van der Waals surface area contributed by atoms with Crippen molar-refractivity contribution in [2.75, 3.05) is 20.2 Å². The Morgan fingerprint density at radius 1 is 1.25 bits per heavy atom. The summed E-state index contributed by atoms with van der Waals surface area (Å²) in [5, 5.41) is 9.65. The second kappa shape index (κ2) is 6.99. The molecule has 24 heavy (non-hydrogen) atoms. The number of thiophene rings is 2. The first-order valence-corrected chi connectivity index (χ1v) is 8.92. The molecule has 2 aromatic heterocycles. The van der Waals surface area contributed by atoms with Gasteiger partial charge in [-0.3, -0.25) is 4.79 Å². The maximum Gasteiger partial charge on any atom is 0.348 e. The van der Waals surface area contributed by atoms with Crippen LogP contribution < -0.4 is 0 Å². The molecule has 0 bridgehead atoms. The minimum Gasteiger partial charge on any atom is -0.451 e. The molecule has 3 rings (SSSR count). The third-order valence-corrected chi connectivity index (χ3v) is 5.96. The average Bonchev–Trinajstić information content (AvgIpc) is 3.15. The van der Waals surface area contributed by atoms with Crippen molar-refractivity contribution in [3.05, 3.63) is 35.2 Å². The van der Waals surface area contributed by atoms with Gasteiger partial charge in [0.25, 0.3) is 5.91 Å². The lowest BCUT2D eigenvalue weighted by Crippen LogP contribution is -2.31. The van der Waals surface area contributed by atoms with Crippen LogP contribution in [0.2, 0.25) is 0 Å².